The van der Waals surface area contributed by atoms with E-state index in [1.807, 2.05) is 18.7 Å². The lowest BCUT2D eigenvalue weighted by molar-refractivity contribution is -0.133. The molecule has 1 aliphatic rings. The molecule has 1 amide bonds. The number of methoxy groups -OCH3 is 1. The number of nitrogens with zero attached hydrogens (tertiary/aromatic N) is 3. The number of benzene rings is 1. The first-order valence-corrected chi connectivity index (χ1v) is 12.6. The van der Waals surface area contributed by atoms with Crippen molar-refractivity contribution in [2.24, 2.45) is 11.8 Å². The summed E-state index contributed by atoms with van der Waals surface area (Å²) in [7, 11) is -2.23. The Kier molecular flexibility index (Phi) is 8.05. The van der Waals surface area contributed by atoms with Gasteiger partial charge >= 0.3 is 0 Å². The normalized spacial score (nSPS) is 14.2. The van der Waals surface area contributed by atoms with Crippen molar-refractivity contribution in [3.8, 4) is 0 Å². The number of ether oxygens (including phenoxy) is 1. The second-order valence-electron chi connectivity index (χ2n) is 8.88. The highest BCUT2D eigenvalue weighted by Crippen LogP contribution is 2.31. The first kappa shape index (κ1) is 24.4. The number of sulfone groups is 1. The molecule has 1 heterocycles. The smallest absolute Gasteiger partial charge is 0.228 e. The van der Waals surface area contributed by atoms with E-state index in [1.165, 1.54) is 30.5 Å². The minimum absolute atomic E-state index is 0.0587. The number of rotatable bonds is 12. The Balaban J connectivity index is 1.87. The third-order valence-corrected chi connectivity index (χ3v) is 7.03. The van der Waals surface area contributed by atoms with E-state index < -0.39 is 15.7 Å². The van der Waals surface area contributed by atoms with Gasteiger partial charge in [-0.05, 0) is 42.4 Å². The van der Waals surface area contributed by atoms with Gasteiger partial charge in [0.1, 0.15) is 5.82 Å². The summed E-state index contributed by atoms with van der Waals surface area (Å²) in [5.74, 6) is 0.130. The molecule has 0 radical (unpaired) electrons. The Labute approximate surface area is 189 Å². The van der Waals surface area contributed by atoms with Gasteiger partial charge in [-0.1, -0.05) is 26.0 Å². The molecule has 3 rings (SSSR count). The van der Waals surface area contributed by atoms with Crippen molar-refractivity contribution in [3.63, 3.8) is 0 Å². The Morgan fingerprint density at radius 3 is 2.56 bits per heavy atom. The number of halogens is 1. The average molecular weight is 466 g/mol. The lowest BCUT2D eigenvalue weighted by atomic mass is 10.1. The van der Waals surface area contributed by atoms with Crippen molar-refractivity contribution in [1.29, 1.82) is 0 Å². The minimum atomic E-state index is -3.78. The fourth-order valence-corrected chi connectivity index (χ4v) is 5.11. The molecule has 1 fully saturated rings. The van der Waals surface area contributed by atoms with Crippen molar-refractivity contribution in [2.45, 2.75) is 57.1 Å². The SMILES string of the molecule is COCCn1c(CN(CC2CC2)C(=O)CC(C)C)cnc1S(=O)(=O)Cc1ccc(F)cc1. The van der Waals surface area contributed by atoms with E-state index >= 15 is 0 Å². The summed E-state index contributed by atoms with van der Waals surface area (Å²) in [6.07, 6.45) is 4.22. The standard InChI is InChI=1S/C23H32FN3O4S/c1-17(2)12-22(28)26(14-18-4-5-18)15-21-13-25-23(27(21)10-11-31-3)32(29,30)16-19-6-8-20(24)9-7-19/h6-9,13,17-18H,4-5,10-12,14-16H2,1-3H3. The summed E-state index contributed by atoms with van der Waals surface area (Å²) in [4.78, 5) is 18.9. The number of carbonyl (C=O) groups excluding carboxylic acids is 1. The molecule has 9 heteroatoms. The van der Waals surface area contributed by atoms with E-state index in [9.17, 15) is 17.6 Å². The maximum Gasteiger partial charge on any atom is 0.228 e. The fraction of sp³-hybridized carbons (Fsp3) is 0.565. The average Bonchev–Trinajstić information content (AvgIpc) is 3.45. The van der Waals surface area contributed by atoms with E-state index in [4.69, 9.17) is 4.74 Å². The third-order valence-electron chi connectivity index (χ3n) is 5.43. The highest BCUT2D eigenvalue weighted by Gasteiger charge is 2.29. The molecule has 1 aliphatic carbocycles. The third kappa shape index (κ3) is 6.62. The monoisotopic (exact) mass is 465 g/mol. The molecule has 1 aromatic carbocycles. The van der Waals surface area contributed by atoms with Crippen LogP contribution in [-0.4, -0.2) is 49.0 Å². The first-order valence-electron chi connectivity index (χ1n) is 11.0. The summed E-state index contributed by atoms with van der Waals surface area (Å²) in [5, 5.41) is -0.0587. The van der Waals surface area contributed by atoms with Crippen molar-refractivity contribution < 1.29 is 22.3 Å². The summed E-state index contributed by atoms with van der Waals surface area (Å²) < 4.78 is 46.3. The van der Waals surface area contributed by atoms with Crippen LogP contribution < -0.4 is 0 Å². The van der Waals surface area contributed by atoms with Crippen molar-refractivity contribution >= 4 is 15.7 Å². The topological polar surface area (TPSA) is 81.5 Å². The molecule has 0 unspecified atom stereocenters. The van der Waals surface area contributed by atoms with E-state index in [0.29, 0.717) is 49.8 Å². The predicted octanol–water partition coefficient (Wildman–Crippen LogP) is 3.43. The summed E-state index contributed by atoms with van der Waals surface area (Å²) >= 11 is 0. The highest BCUT2D eigenvalue weighted by atomic mass is 32.2. The fourth-order valence-electron chi connectivity index (χ4n) is 3.59. The van der Waals surface area contributed by atoms with Gasteiger partial charge in [0, 0.05) is 26.6 Å². The number of carbonyl (C=O) groups is 1. The lowest BCUT2D eigenvalue weighted by Gasteiger charge is -2.24. The van der Waals surface area contributed by atoms with Gasteiger partial charge in [0.15, 0.2) is 0 Å². The van der Waals surface area contributed by atoms with Crippen molar-refractivity contribution in [2.75, 3.05) is 20.3 Å². The Morgan fingerprint density at radius 2 is 1.97 bits per heavy atom. The summed E-state index contributed by atoms with van der Waals surface area (Å²) in [6.45, 7) is 5.63. The maximum absolute atomic E-state index is 13.2. The molecular weight excluding hydrogens is 433 g/mol. The number of hydrogen-bond acceptors (Lipinski definition) is 5. The Hall–Kier alpha value is -2.26. The maximum atomic E-state index is 13.2. The van der Waals surface area contributed by atoms with Gasteiger partial charge < -0.3 is 14.2 Å². The van der Waals surface area contributed by atoms with Crippen molar-refractivity contribution in [3.05, 3.63) is 47.5 Å². The zero-order valence-corrected chi connectivity index (χ0v) is 19.8. The van der Waals surface area contributed by atoms with Gasteiger partial charge in [0.05, 0.1) is 30.8 Å². The zero-order chi connectivity index (χ0) is 23.3. The van der Waals surface area contributed by atoms with Gasteiger partial charge in [-0.2, -0.15) is 0 Å². The molecular formula is C23H32FN3O4S. The van der Waals surface area contributed by atoms with E-state index in [2.05, 4.69) is 4.98 Å². The molecule has 0 spiro atoms. The van der Waals surface area contributed by atoms with Crippen LogP contribution in [-0.2, 0) is 38.2 Å². The number of amides is 1. The second kappa shape index (κ2) is 10.6. The molecule has 0 bridgehead atoms. The van der Waals surface area contributed by atoms with Gasteiger partial charge in [-0.15, -0.1) is 0 Å². The predicted molar refractivity (Wildman–Crippen MR) is 119 cm³/mol. The number of aromatic nitrogens is 2. The molecule has 7 nitrogen and oxygen atoms in total. The van der Waals surface area contributed by atoms with Crippen LogP contribution in [0.15, 0.2) is 35.6 Å². The molecule has 0 saturated heterocycles. The molecule has 0 atom stereocenters. The summed E-state index contributed by atoms with van der Waals surface area (Å²) in [6, 6.07) is 5.39. The van der Waals surface area contributed by atoms with Crippen LogP contribution in [0.3, 0.4) is 0 Å². The van der Waals surface area contributed by atoms with E-state index in [1.54, 1.807) is 11.7 Å². The highest BCUT2D eigenvalue weighted by molar-refractivity contribution is 7.90. The molecule has 1 aromatic heterocycles. The Morgan fingerprint density at radius 1 is 1.28 bits per heavy atom. The van der Waals surface area contributed by atoms with Gasteiger partial charge in [0.25, 0.3) is 0 Å². The first-order chi connectivity index (χ1) is 15.2. The Bertz CT molecular complexity index is 1010. The van der Waals surface area contributed by atoms with Gasteiger partial charge in [-0.3, -0.25) is 4.79 Å². The van der Waals surface area contributed by atoms with Crippen LogP contribution in [0.25, 0.3) is 0 Å². The van der Waals surface area contributed by atoms with Crippen LogP contribution >= 0.6 is 0 Å². The molecule has 0 N–H and O–H groups in total. The molecule has 2 aromatic rings. The van der Waals surface area contributed by atoms with Crippen LogP contribution in [0.2, 0.25) is 0 Å². The lowest BCUT2D eigenvalue weighted by Crippen LogP contribution is -2.34. The number of imidazole rings is 1. The largest absolute Gasteiger partial charge is 0.383 e. The molecule has 1 saturated carbocycles. The summed E-state index contributed by atoms with van der Waals surface area (Å²) in [5.41, 5.74) is 1.15. The van der Waals surface area contributed by atoms with Crippen molar-refractivity contribution in [1.82, 2.24) is 14.5 Å². The second-order valence-corrected chi connectivity index (χ2v) is 10.8. The van der Waals surface area contributed by atoms with Crippen LogP contribution in [0.4, 0.5) is 4.39 Å². The molecule has 176 valence electrons. The van der Waals surface area contributed by atoms with Gasteiger partial charge in [0.2, 0.25) is 20.9 Å². The van der Waals surface area contributed by atoms with E-state index in [-0.39, 0.29) is 22.7 Å². The van der Waals surface area contributed by atoms with Crippen LogP contribution in [0.1, 0.15) is 44.4 Å². The van der Waals surface area contributed by atoms with E-state index in [0.717, 1.165) is 12.8 Å². The van der Waals surface area contributed by atoms with Gasteiger partial charge in [-0.25, -0.2) is 17.8 Å². The van der Waals surface area contributed by atoms with Crippen LogP contribution in [0, 0.1) is 17.7 Å². The van der Waals surface area contributed by atoms with Crippen LogP contribution in [0.5, 0.6) is 0 Å². The number of hydrogen-bond donors (Lipinski definition) is 0. The quantitative estimate of drug-likeness (QED) is 0.480. The minimum Gasteiger partial charge on any atom is -0.383 e. The molecule has 32 heavy (non-hydrogen) atoms. The molecule has 0 aliphatic heterocycles. The zero-order valence-electron chi connectivity index (χ0n) is 19.0.